The Bertz CT molecular complexity index is 1310. The lowest BCUT2D eigenvalue weighted by atomic mass is 10.1. The maximum absolute atomic E-state index is 13.6. The van der Waals surface area contributed by atoms with Crippen LogP contribution >= 0.6 is 0 Å². The van der Waals surface area contributed by atoms with Crippen molar-refractivity contribution in [2.75, 3.05) is 17.4 Å². The van der Waals surface area contributed by atoms with Gasteiger partial charge in [0, 0.05) is 37.4 Å². The van der Waals surface area contributed by atoms with Crippen LogP contribution < -0.4 is 4.31 Å². The summed E-state index contributed by atoms with van der Waals surface area (Å²) in [4.78, 5) is 22.1. The molecule has 3 aromatic rings. The summed E-state index contributed by atoms with van der Waals surface area (Å²) in [7, 11) is -3.84. The summed E-state index contributed by atoms with van der Waals surface area (Å²) in [5.41, 5.74) is 1.72. The highest BCUT2D eigenvalue weighted by Crippen LogP contribution is 2.39. The second-order valence-corrected chi connectivity index (χ2v) is 10.0. The van der Waals surface area contributed by atoms with Gasteiger partial charge in [-0.3, -0.25) is 4.57 Å². The van der Waals surface area contributed by atoms with Crippen LogP contribution in [0, 0.1) is 6.92 Å². The third-order valence-corrected chi connectivity index (χ3v) is 7.91. The molecule has 4 heterocycles. The highest BCUT2D eigenvalue weighted by atomic mass is 32.2. The van der Waals surface area contributed by atoms with Crippen molar-refractivity contribution >= 4 is 21.9 Å². The van der Waals surface area contributed by atoms with Gasteiger partial charge in [-0.25, -0.2) is 27.5 Å². The van der Waals surface area contributed by atoms with Gasteiger partial charge in [0.15, 0.2) is 11.6 Å². The monoisotopic (exact) mass is 456 g/mol. The van der Waals surface area contributed by atoms with E-state index >= 15 is 0 Å². The first-order chi connectivity index (χ1) is 15.3. The largest absolute Gasteiger partial charge is 0.465 e. The third kappa shape index (κ3) is 3.07. The van der Waals surface area contributed by atoms with Gasteiger partial charge in [0.25, 0.3) is 10.0 Å². The lowest BCUT2D eigenvalue weighted by Crippen LogP contribution is -2.37. The quantitative estimate of drug-likeness (QED) is 0.646. The molecule has 1 atom stereocenters. The molecule has 1 N–H and O–H groups in total. The molecule has 10 nitrogen and oxygen atoms in total. The Labute approximate surface area is 185 Å². The van der Waals surface area contributed by atoms with Crippen molar-refractivity contribution in [2.45, 2.75) is 44.2 Å². The number of rotatable bonds is 4. The van der Waals surface area contributed by atoms with Crippen LogP contribution in [0.5, 0.6) is 0 Å². The average molecular weight is 457 g/mol. The van der Waals surface area contributed by atoms with Crippen LogP contribution in [0.15, 0.2) is 41.7 Å². The summed E-state index contributed by atoms with van der Waals surface area (Å²) < 4.78 is 32.4. The minimum Gasteiger partial charge on any atom is -0.465 e. The predicted molar refractivity (Wildman–Crippen MR) is 117 cm³/mol. The molecule has 2 aliphatic heterocycles. The number of aryl methyl sites for hydroxylation is 2. The first-order valence-electron chi connectivity index (χ1n) is 10.5. The molecule has 1 aromatic carbocycles. The van der Waals surface area contributed by atoms with E-state index in [0.29, 0.717) is 43.5 Å². The van der Waals surface area contributed by atoms with Crippen LogP contribution in [0.3, 0.4) is 0 Å². The molecule has 0 bridgehead atoms. The summed E-state index contributed by atoms with van der Waals surface area (Å²) in [6.45, 7) is 5.27. The number of likely N-dealkylation sites (tertiary alicyclic amines) is 1. The molecule has 0 spiro atoms. The Morgan fingerprint density at radius 3 is 2.78 bits per heavy atom. The van der Waals surface area contributed by atoms with Crippen molar-refractivity contribution in [1.29, 1.82) is 0 Å². The number of carbonyl (C=O) groups is 1. The number of sulfonamides is 1. The molecule has 168 valence electrons. The number of aromatic nitrogens is 4. The number of anilines is 1. The van der Waals surface area contributed by atoms with Gasteiger partial charge in [-0.05, 0) is 38.0 Å². The zero-order chi connectivity index (χ0) is 22.6. The van der Waals surface area contributed by atoms with Crippen molar-refractivity contribution in [3.05, 3.63) is 53.9 Å². The summed E-state index contributed by atoms with van der Waals surface area (Å²) >= 11 is 0. The summed E-state index contributed by atoms with van der Waals surface area (Å²) in [5.74, 6) is 1.55. The molecule has 1 fully saturated rings. The number of amides is 1. The van der Waals surface area contributed by atoms with Gasteiger partial charge in [-0.15, -0.1) is 0 Å². The number of fused-ring (bicyclic) bond motifs is 3. The number of hydrogen-bond donors (Lipinski definition) is 1. The van der Waals surface area contributed by atoms with Gasteiger partial charge < -0.3 is 14.6 Å². The van der Waals surface area contributed by atoms with E-state index in [1.54, 1.807) is 30.7 Å². The topological polar surface area (TPSA) is 114 Å². The van der Waals surface area contributed by atoms with E-state index in [1.165, 1.54) is 9.21 Å². The number of nitrogens with zero attached hydrogens (tertiary/aromatic N) is 6. The highest BCUT2D eigenvalue weighted by molar-refractivity contribution is 7.92. The van der Waals surface area contributed by atoms with Gasteiger partial charge in [0.2, 0.25) is 0 Å². The van der Waals surface area contributed by atoms with E-state index in [0.717, 1.165) is 11.3 Å². The van der Waals surface area contributed by atoms with Crippen LogP contribution in [0.25, 0.3) is 5.82 Å². The number of carboxylic acid groups (broad SMARTS) is 1. The van der Waals surface area contributed by atoms with E-state index < -0.39 is 16.1 Å². The van der Waals surface area contributed by atoms with Gasteiger partial charge in [0.1, 0.15) is 5.82 Å². The van der Waals surface area contributed by atoms with Crippen molar-refractivity contribution in [3.63, 3.8) is 0 Å². The third-order valence-electron chi connectivity index (χ3n) is 6.18. The van der Waals surface area contributed by atoms with Gasteiger partial charge >= 0.3 is 6.09 Å². The zero-order valence-corrected chi connectivity index (χ0v) is 18.7. The number of imidazole rings is 2. The number of benzene rings is 1. The second kappa shape index (κ2) is 7.37. The fraction of sp³-hybridized carbons (Fsp3) is 0.381. The highest BCUT2D eigenvalue weighted by Gasteiger charge is 2.39. The summed E-state index contributed by atoms with van der Waals surface area (Å²) in [6, 6.07) is 6.85. The SMILES string of the molecule is CCn1cnc2c1N(S(=O)(=O)c1cccc(C)c1)Cc1ncc(C3CCN(C(=O)O)C3)n1-2. The Balaban J connectivity index is 1.61. The molecule has 1 amide bonds. The van der Waals surface area contributed by atoms with E-state index in [9.17, 15) is 18.3 Å². The minimum atomic E-state index is -3.84. The lowest BCUT2D eigenvalue weighted by Gasteiger charge is -2.30. The maximum Gasteiger partial charge on any atom is 0.407 e. The van der Waals surface area contributed by atoms with Gasteiger partial charge in [-0.2, -0.15) is 0 Å². The minimum absolute atomic E-state index is 0.0214. The molecular weight excluding hydrogens is 432 g/mol. The van der Waals surface area contributed by atoms with Crippen molar-refractivity contribution < 1.29 is 18.3 Å². The zero-order valence-electron chi connectivity index (χ0n) is 17.8. The van der Waals surface area contributed by atoms with Gasteiger partial charge in [-0.1, -0.05) is 12.1 Å². The molecule has 5 rings (SSSR count). The maximum atomic E-state index is 13.6. The average Bonchev–Trinajstić information content (AvgIpc) is 3.49. The first kappa shape index (κ1) is 20.6. The molecule has 11 heteroatoms. The van der Waals surface area contributed by atoms with E-state index in [-0.39, 0.29) is 17.4 Å². The first-order valence-corrected chi connectivity index (χ1v) is 11.9. The fourth-order valence-corrected chi connectivity index (χ4v) is 6.08. The molecule has 0 radical (unpaired) electrons. The van der Waals surface area contributed by atoms with E-state index in [2.05, 4.69) is 9.97 Å². The van der Waals surface area contributed by atoms with Crippen molar-refractivity contribution in [3.8, 4) is 5.82 Å². The van der Waals surface area contributed by atoms with Crippen LogP contribution in [-0.2, 0) is 23.1 Å². The number of hydrogen-bond acceptors (Lipinski definition) is 5. The van der Waals surface area contributed by atoms with E-state index in [4.69, 9.17) is 0 Å². The molecule has 32 heavy (non-hydrogen) atoms. The molecule has 2 aromatic heterocycles. The molecule has 1 unspecified atom stereocenters. The normalized spacial score (nSPS) is 18.0. The molecular formula is C21H24N6O4S. The Morgan fingerprint density at radius 1 is 1.28 bits per heavy atom. The van der Waals surface area contributed by atoms with E-state index in [1.807, 2.05) is 29.0 Å². The second-order valence-electron chi connectivity index (χ2n) is 8.15. The standard InChI is InChI=1S/C21H24N6O4S/c1-3-24-13-23-19-20(24)26(32(30,31)16-6-4-5-14(2)9-16)12-18-22-10-17(27(18)19)15-7-8-25(11-15)21(28)29/h4-6,9-10,13,15H,3,7-8,11-12H2,1-2H3,(H,28,29). The molecule has 2 aliphatic rings. The Morgan fingerprint density at radius 2 is 2.09 bits per heavy atom. The van der Waals surface area contributed by atoms with Crippen LogP contribution in [-0.4, -0.2) is 56.7 Å². The predicted octanol–water partition coefficient (Wildman–Crippen LogP) is 2.57. The Hall–Kier alpha value is -3.34. The van der Waals surface area contributed by atoms with Gasteiger partial charge in [0.05, 0.1) is 17.8 Å². The molecule has 1 saturated heterocycles. The summed E-state index contributed by atoms with van der Waals surface area (Å²) in [5, 5.41) is 9.33. The van der Waals surface area contributed by atoms with Crippen LogP contribution in [0.2, 0.25) is 0 Å². The molecule has 0 saturated carbocycles. The molecule has 0 aliphatic carbocycles. The summed E-state index contributed by atoms with van der Waals surface area (Å²) in [6.07, 6.45) is 3.12. The lowest BCUT2D eigenvalue weighted by molar-refractivity contribution is 0.155. The van der Waals surface area contributed by atoms with Crippen LogP contribution in [0.4, 0.5) is 10.6 Å². The van der Waals surface area contributed by atoms with Crippen molar-refractivity contribution in [1.82, 2.24) is 24.0 Å². The fourth-order valence-electron chi connectivity index (χ4n) is 4.54. The van der Waals surface area contributed by atoms with Crippen molar-refractivity contribution in [2.24, 2.45) is 0 Å². The Kier molecular flexibility index (Phi) is 4.73. The van der Waals surface area contributed by atoms with Crippen LogP contribution in [0.1, 0.15) is 36.3 Å². The smallest absolute Gasteiger partial charge is 0.407 e.